The van der Waals surface area contributed by atoms with Gasteiger partial charge in [0, 0.05) is 0 Å². The summed E-state index contributed by atoms with van der Waals surface area (Å²) in [5.41, 5.74) is 10.5. The molecule has 266 valence electrons. The van der Waals surface area contributed by atoms with Gasteiger partial charge in [-0.3, -0.25) is 0 Å². The second kappa shape index (κ2) is 12.5. The molecule has 0 bridgehead atoms. The molecular formula is C52H33GeN3O. The number of hydrogen-bond acceptors (Lipinski definition) is 3. The molecule has 0 spiro atoms. The van der Waals surface area contributed by atoms with Gasteiger partial charge in [0.15, 0.2) is 0 Å². The molecule has 57 heavy (non-hydrogen) atoms. The Hall–Kier alpha value is -7.02. The molecule has 0 saturated heterocycles. The fraction of sp³-hybridized carbons (Fsp3) is 0. The van der Waals surface area contributed by atoms with Crippen molar-refractivity contribution in [1.82, 2.24) is 14.5 Å². The quantitative estimate of drug-likeness (QED) is 0.163. The fourth-order valence-corrected chi connectivity index (χ4v) is 20.0. The van der Waals surface area contributed by atoms with Crippen molar-refractivity contribution in [1.29, 1.82) is 0 Å². The fourth-order valence-electron chi connectivity index (χ4n) is 9.54. The van der Waals surface area contributed by atoms with Gasteiger partial charge in [0.1, 0.15) is 0 Å². The first kappa shape index (κ1) is 32.2. The zero-order chi connectivity index (χ0) is 37.5. The summed E-state index contributed by atoms with van der Waals surface area (Å²) in [6, 6.07) is 72.0. The first-order valence-electron chi connectivity index (χ1n) is 19.4. The Morgan fingerprint density at radius 3 is 1.89 bits per heavy atom. The summed E-state index contributed by atoms with van der Waals surface area (Å²) in [7, 11) is 0. The van der Waals surface area contributed by atoms with Crippen molar-refractivity contribution >= 4 is 74.7 Å². The number of furan rings is 1. The Morgan fingerprint density at radius 1 is 0.456 bits per heavy atom. The Bertz CT molecular complexity index is 3310. The van der Waals surface area contributed by atoms with Crippen molar-refractivity contribution in [3.63, 3.8) is 0 Å². The van der Waals surface area contributed by atoms with Gasteiger partial charge in [-0.2, -0.15) is 0 Å². The molecular weight excluding hydrogens is 755 g/mol. The first-order valence-corrected chi connectivity index (χ1v) is 23.6. The van der Waals surface area contributed by atoms with Crippen LogP contribution in [-0.4, -0.2) is 27.8 Å². The molecule has 4 heterocycles. The van der Waals surface area contributed by atoms with Crippen molar-refractivity contribution in [2.24, 2.45) is 0 Å². The van der Waals surface area contributed by atoms with Crippen molar-refractivity contribution < 1.29 is 4.42 Å². The Balaban J connectivity index is 1.15. The summed E-state index contributed by atoms with van der Waals surface area (Å²) in [5.74, 6) is 0.730. The average molecular weight is 788 g/mol. The zero-order valence-electron chi connectivity index (χ0n) is 30.8. The summed E-state index contributed by atoms with van der Waals surface area (Å²) in [4.78, 5) is 11.3. The van der Waals surface area contributed by atoms with Crippen LogP contribution in [0.25, 0.3) is 83.2 Å². The van der Waals surface area contributed by atoms with Gasteiger partial charge in [-0.15, -0.1) is 0 Å². The monoisotopic (exact) mass is 789 g/mol. The van der Waals surface area contributed by atoms with Crippen LogP contribution >= 0.6 is 0 Å². The van der Waals surface area contributed by atoms with E-state index in [0.29, 0.717) is 0 Å². The van der Waals surface area contributed by atoms with Crippen LogP contribution in [0.2, 0.25) is 0 Å². The predicted molar refractivity (Wildman–Crippen MR) is 237 cm³/mol. The van der Waals surface area contributed by atoms with E-state index in [1.807, 2.05) is 6.07 Å². The Morgan fingerprint density at radius 2 is 1.11 bits per heavy atom. The molecule has 0 aliphatic carbocycles. The molecule has 1 aliphatic rings. The first-order chi connectivity index (χ1) is 28.3. The summed E-state index contributed by atoms with van der Waals surface area (Å²) >= 11 is -3.68. The summed E-state index contributed by atoms with van der Waals surface area (Å²) in [5, 5.41) is 4.66. The molecule has 5 heteroatoms. The molecule has 0 atom stereocenters. The number of nitrogens with zero attached hydrogens (tertiary/aromatic N) is 3. The van der Waals surface area contributed by atoms with Crippen LogP contribution in [0.5, 0.6) is 0 Å². The van der Waals surface area contributed by atoms with E-state index < -0.39 is 13.3 Å². The van der Waals surface area contributed by atoms with E-state index in [2.05, 4.69) is 199 Å². The van der Waals surface area contributed by atoms with E-state index in [1.165, 1.54) is 34.1 Å². The molecule has 0 saturated carbocycles. The maximum absolute atomic E-state index is 6.37. The number of fused-ring (bicyclic) bond motifs is 10. The van der Waals surface area contributed by atoms with Gasteiger partial charge in [-0.25, -0.2) is 0 Å². The maximum atomic E-state index is 6.37. The molecule has 0 unspecified atom stereocenters. The third-order valence-corrected chi connectivity index (χ3v) is 21.8. The molecule has 1 aliphatic heterocycles. The Labute approximate surface area is 331 Å². The Kier molecular flexibility index (Phi) is 7.07. The van der Waals surface area contributed by atoms with E-state index in [-0.39, 0.29) is 0 Å². The predicted octanol–water partition coefficient (Wildman–Crippen LogP) is 10.2. The molecule has 12 rings (SSSR count). The van der Waals surface area contributed by atoms with Gasteiger partial charge >= 0.3 is 315 Å². The molecule has 11 aromatic rings. The van der Waals surface area contributed by atoms with Crippen LogP contribution in [0.3, 0.4) is 0 Å². The third-order valence-electron chi connectivity index (χ3n) is 11.9. The topological polar surface area (TPSA) is 43.9 Å². The molecule has 8 aromatic carbocycles. The number of aromatic nitrogens is 3. The van der Waals surface area contributed by atoms with Crippen LogP contribution in [0.15, 0.2) is 205 Å². The van der Waals surface area contributed by atoms with E-state index in [9.17, 15) is 0 Å². The van der Waals surface area contributed by atoms with E-state index >= 15 is 0 Å². The van der Waals surface area contributed by atoms with Gasteiger partial charge in [0.25, 0.3) is 0 Å². The molecule has 3 aromatic heterocycles. The molecule has 0 radical (unpaired) electrons. The van der Waals surface area contributed by atoms with Crippen LogP contribution in [0, 0.1) is 0 Å². The summed E-state index contributed by atoms with van der Waals surface area (Å²) in [6.07, 6.45) is 0. The molecule has 0 N–H and O–H groups in total. The average Bonchev–Trinajstić information content (AvgIpc) is 3.93. The number of benzene rings is 8. The molecule has 0 amide bonds. The zero-order valence-corrected chi connectivity index (χ0v) is 32.9. The van der Waals surface area contributed by atoms with Gasteiger partial charge in [0.05, 0.1) is 0 Å². The van der Waals surface area contributed by atoms with Crippen molar-refractivity contribution in [3.8, 4) is 39.5 Å². The third kappa shape index (κ3) is 4.62. The van der Waals surface area contributed by atoms with Gasteiger partial charge < -0.3 is 0 Å². The van der Waals surface area contributed by atoms with E-state index in [0.717, 1.165) is 66.9 Å². The normalized spacial score (nSPS) is 13.1. The van der Waals surface area contributed by atoms with Crippen molar-refractivity contribution in [2.75, 3.05) is 0 Å². The van der Waals surface area contributed by atoms with Gasteiger partial charge in [-0.1, -0.05) is 12.1 Å². The SMILES string of the molecule is c1ccc(-c2nc(-c3cccc(-n4c5ccccc5c5c6c(ccc54)oc4ccccc46)c3)n[c]3c2-c2cccc[c]2[Ge]3([c]2ccccc2)[c]2ccccc2)cc1. The van der Waals surface area contributed by atoms with Crippen LogP contribution in [-0.2, 0) is 0 Å². The molecule has 4 nitrogen and oxygen atoms in total. The van der Waals surface area contributed by atoms with Crippen LogP contribution in [0.1, 0.15) is 0 Å². The number of rotatable bonds is 5. The van der Waals surface area contributed by atoms with Gasteiger partial charge in [0.2, 0.25) is 0 Å². The van der Waals surface area contributed by atoms with E-state index in [1.54, 1.807) is 0 Å². The number of para-hydroxylation sites is 2. The standard InChI is InChI=1S/C52H33GeN3O/c1-4-17-34(18-5-1)50-49-39-25-10-13-28-42(39)53(36-20-6-2-7-21-36,37-22-8-3-9-23-37)51(49)55-52(54-50)35-19-16-24-38(33-35)56-43-29-14-11-26-40(43)47-44(56)31-32-46-48(47)41-27-12-15-30-45(41)57-46/h1-33H. The number of hydrogen-bond donors (Lipinski definition) is 0. The minimum atomic E-state index is -3.68. The summed E-state index contributed by atoms with van der Waals surface area (Å²) in [6.45, 7) is 0. The van der Waals surface area contributed by atoms with Crippen molar-refractivity contribution in [3.05, 3.63) is 200 Å². The molecule has 0 fully saturated rings. The van der Waals surface area contributed by atoms with Crippen molar-refractivity contribution in [2.45, 2.75) is 0 Å². The second-order valence-electron chi connectivity index (χ2n) is 14.8. The summed E-state index contributed by atoms with van der Waals surface area (Å²) < 4.78 is 14.0. The van der Waals surface area contributed by atoms with Crippen LogP contribution in [0.4, 0.5) is 0 Å². The second-order valence-corrected chi connectivity index (χ2v) is 22.5. The minimum absolute atomic E-state index is 0.730. The van der Waals surface area contributed by atoms with Gasteiger partial charge in [-0.05, 0) is 6.07 Å². The van der Waals surface area contributed by atoms with Crippen LogP contribution < -0.4 is 17.7 Å². The van der Waals surface area contributed by atoms with E-state index in [4.69, 9.17) is 14.4 Å².